The van der Waals surface area contributed by atoms with Crippen LogP contribution in [0, 0.1) is 0 Å². The number of piperidine rings is 1. The van der Waals surface area contributed by atoms with Crippen molar-refractivity contribution in [2.24, 2.45) is 0 Å². The molecule has 0 aliphatic carbocycles. The van der Waals surface area contributed by atoms with E-state index < -0.39 is 6.10 Å². The van der Waals surface area contributed by atoms with Gasteiger partial charge in [0.05, 0.1) is 5.69 Å². The van der Waals surface area contributed by atoms with Gasteiger partial charge in [0.1, 0.15) is 6.10 Å². The van der Waals surface area contributed by atoms with Crippen LogP contribution in [0.4, 0.5) is 0 Å². The van der Waals surface area contributed by atoms with E-state index in [1.165, 1.54) is 0 Å². The molecule has 1 aliphatic heterocycles. The lowest BCUT2D eigenvalue weighted by Gasteiger charge is -2.38. The van der Waals surface area contributed by atoms with E-state index in [0.29, 0.717) is 5.82 Å². The Morgan fingerprint density at radius 1 is 0.963 bits per heavy atom. The highest BCUT2D eigenvalue weighted by atomic mass is 35.5. The first-order chi connectivity index (χ1) is 13.2. The summed E-state index contributed by atoms with van der Waals surface area (Å²) in [5, 5.41) is 14.9. The molecule has 27 heavy (non-hydrogen) atoms. The average Bonchev–Trinajstić information content (AvgIpc) is 2.75. The third kappa shape index (κ3) is 3.48. The fraction of sp³-hybridized carbons (Fsp3) is 0.273. The SMILES string of the molecule is O[C@@H](c1ccccc1)c1nccc(C2(c3ccccc3Cl)CCNCC2)n1. The summed E-state index contributed by atoms with van der Waals surface area (Å²) in [6.07, 6.45) is 2.68. The highest BCUT2D eigenvalue weighted by Gasteiger charge is 2.39. The van der Waals surface area contributed by atoms with Crippen LogP contribution < -0.4 is 5.32 Å². The molecule has 4 nitrogen and oxygen atoms in total. The highest BCUT2D eigenvalue weighted by molar-refractivity contribution is 6.31. The van der Waals surface area contributed by atoms with Crippen molar-refractivity contribution in [1.29, 1.82) is 0 Å². The van der Waals surface area contributed by atoms with Gasteiger partial charge in [-0.15, -0.1) is 0 Å². The number of aliphatic hydroxyl groups excluding tert-OH is 1. The first-order valence-electron chi connectivity index (χ1n) is 9.23. The minimum Gasteiger partial charge on any atom is -0.380 e. The smallest absolute Gasteiger partial charge is 0.161 e. The summed E-state index contributed by atoms with van der Waals surface area (Å²) >= 11 is 6.58. The third-order valence-electron chi connectivity index (χ3n) is 5.37. The van der Waals surface area contributed by atoms with Crippen molar-refractivity contribution in [2.75, 3.05) is 13.1 Å². The van der Waals surface area contributed by atoms with Crippen molar-refractivity contribution in [3.8, 4) is 0 Å². The minimum absolute atomic E-state index is 0.280. The van der Waals surface area contributed by atoms with E-state index in [4.69, 9.17) is 16.6 Å². The summed E-state index contributed by atoms with van der Waals surface area (Å²) in [5.41, 5.74) is 2.51. The van der Waals surface area contributed by atoms with Crippen LogP contribution in [0.2, 0.25) is 5.02 Å². The molecule has 138 valence electrons. The Bertz CT molecular complexity index is 910. The fourth-order valence-electron chi connectivity index (χ4n) is 3.92. The standard InChI is InChI=1S/C22H22ClN3O/c23-18-9-5-4-8-17(18)22(11-14-24-15-12-22)19-10-13-25-21(26-19)20(27)16-6-2-1-3-7-16/h1-10,13,20,24,27H,11-12,14-15H2/t20-/m0/s1. The number of aliphatic hydroxyl groups is 1. The van der Waals surface area contributed by atoms with Crippen LogP contribution in [0.15, 0.2) is 66.9 Å². The maximum Gasteiger partial charge on any atom is 0.161 e. The molecule has 4 rings (SSSR count). The summed E-state index contributed by atoms with van der Waals surface area (Å²) in [4.78, 5) is 9.16. The minimum atomic E-state index is -0.851. The molecule has 0 radical (unpaired) electrons. The molecule has 2 aromatic carbocycles. The van der Waals surface area contributed by atoms with Crippen LogP contribution in [-0.4, -0.2) is 28.2 Å². The normalized spacial score (nSPS) is 17.4. The van der Waals surface area contributed by atoms with Gasteiger partial charge in [-0.3, -0.25) is 0 Å². The molecule has 1 aliphatic rings. The third-order valence-corrected chi connectivity index (χ3v) is 5.70. The molecule has 2 N–H and O–H groups in total. The summed E-state index contributed by atoms with van der Waals surface area (Å²) in [6.45, 7) is 1.79. The molecular weight excluding hydrogens is 358 g/mol. The zero-order valence-electron chi connectivity index (χ0n) is 15.0. The Morgan fingerprint density at radius 2 is 1.67 bits per heavy atom. The molecular formula is C22H22ClN3O. The molecule has 0 unspecified atom stereocenters. The maximum atomic E-state index is 10.8. The Labute approximate surface area is 164 Å². The lowest BCUT2D eigenvalue weighted by Crippen LogP contribution is -2.41. The van der Waals surface area contributed by atoms with E-state index in [1.807, 2.05) is 54.6 Å². The Hall–Kier alpha value is -2.27. The zero-order chi connectivity index (χ0) is 18.7. The summed E-state index contributed by atoms with van der Waals surface area (Å²) in [5.74, 6) is 0.420. The van der Waals surface area contributed by atoms with Crippen LogP contribution in [0.1, 0.15) is 41.6 Å². The van der Waals surface area contributed by atoms with Gasteiger partial charge in [-0.25, -0.2) is 9.97 Å². The number of nitrogens with one attached hydrogen (secondary N) is 1. The van der Waals surface area contributed by atoms with Gasteiger partial charge in [0.2, 0.25) is 0 Å². The molecule has 1 atom stereocenters. The van der Waals surface area contributed by atoms with Gasteiger partial charge >= 0.3 is 0 Å². The van der Waals surface area contributed by atoms with Crippen molar-refractivity contribution in [3.05, 3.63) is 94.5 Å². The van der Waals surface area contributed by atoms with Crippen molar-refractivity contribution in [3.63, 3.8) is 0 Å². The second-order valence-electron chi connectivity index (χ2n) is 6.93. The lowest BCUT2D eigenvalue weighted by atomic mass is 9.70. The Kier molecular flexibility index (Phi) is 5.21. The monoisotopic (exact) mass is 379 g/mol. The van der Waals surface area contributed by atoms with Gasteiger partial charge in [0.25, 0.3) is 0 Å². The molecule has 0 saturated carbocycles. The molecule has 0 amide bonds. The van der Waals surface area contributed by atoms with Gasteiger partial charge in [-0.2, -0.15) is 0 Å². The Morgan fingerprint density at radius 3 is 2.41 bits per heavy atom. The number of hydrogen-bond acceptors (Lipinski definition) is 4. The molecule has 3 aromatic rings. The van der Waals surface area contributed by atoms with E-state index in [2.05, 4.69) is 16.4 Å². The van der Waals surface area contributed by atoms with E-state index in [9.17, 15) is 5.11 Å². The largest absolute Gasteiger partial charge is 0.380 e. The van der Waals surface area contributed by atoms with Crippen molar-refractivity contribution < 1.29 is 5.11 Å². The molecule has 5 heteroatoms. The number of nitrogens with zero attached hydrogens (tertiary/aromatic N) is 2. The van der Waals surface area contributed by atoms with Crippen molar-refractivity contribution in [2.45, 2.75) is 24.4 Å². The van der Waals surface area contributed by atoms with Crippen molar-refractivity contribution >= 4 is 11.6 Å². The van der Waals surface area contributed by atoms with E-state index in [-0.39, 0.29) is 5.41 Å². The second-order valence-corrected chi connectivity index (χ2v) is 7.33. The molecule has 0 bridgehead atoms. The van der Waals surface area contributed by atoms with Gasteiger partial charge in [-0.05, 0) is 49.2 Å². The quantitative estimate of drug-likeness (QED) is 0.722. The van der Waals surface area contributed by atoms with Crippen LogP contribution in [-0.2, 0) is 5.41 Å². The fourth-order valence-corrected chi connectivity index (χ4v) is 4.24. The highest BCUT2D eigenvalue weighted by Crippen LogP contribution is 2.42. The molecule has 1 aromatic heterocycles. The number of benzene rings is 2. The number of hydrogen-bond donors (Lipinski definition) is 2. The zero-order valence-corrected chi connectivity index (χ0v) is 15.7. The first-order valence-corrected chi connectivity index (χ1v) is 9.61. The van der Waals surface area contributed by atoms with Crippen LogP contribution in [0.3, 0.4) is 0 Å². The Balaban J connectivity index is 1.79. The molecule has 2 heterocycles. The van der Waals surface area contributed by atoms with Gasteiger partial charge in [0.15, 0.2) is 5.82 Å². The van der Waals surface area contributed by atoms with Gasteiger partial charge in [0, 0.05) is 16.6 Å². The number of aromatic nitrogens is 2. The molecule has 1 saturated heterocycles. The first kappa shape index (κ1) is 18.1. The lowest BCUT2D eigenvalue weighted by molar-refractivity contribution is 0.208. The maximum absolute atomic E-state index is 10.8. The summed E-state index contributed by atoms with van der Waals surface area (Å²) in [7, 11) is 0. The summed E-state index contributed by atoms with van der Waals surface area (Å²) < 4.78 is 0. The second kappa shape index (κ2) is 7.77. The van der Waals surface area contributed by atoms with Crippen LogP contribution >= 0.6 is 11.6 Å². The van der Waals surface area contributed by atoms with Crippen LogP contribution in [0.25, 0.3) is 0 Å². The average molecular weight is 380 g/mol. The molecule has 0 spiro atoms. The topological polar surface area (TPSA) is 58.0 Å². The van der Waals surface area contributed by atoms with Gasteiger partial charge < -0.3 is 10.4 Å². The predicted octanol–water partition coefficient (Wildman–Crippen LogP) is 3.88. The number of rotatable bonds is 4. The van der Waals surface area contributed by atoms with E-state index >= 15 is 0 Å². The van der Waals surface area contributed by atoms with Gasteiger partial charge in [-0.1, -0.05) is 60.1 Å². The van der Waals surface area contributed by atoms with Crippen LogP contribution in [0.5, 0.6) is 0 Å². The number of halogens is 1. The molecule has 1 fully saturated rings. The predicted molar refractivity (Wildman–Crippen MR) is 107 cm³/mol. The summed E-state index contributed by atoms with van der Waals surface area (Å²) in [6, 6.07) is 19.4. The van der Waals surface area contributed by atoms with E-state index in [1.54, 1.807) is 6.20 Å². The van der Waals surface area contributed by atoms with Crippen molar-refractivity contribution in [1.82, 2.24) is 15.3 Å². The van der Waals surface area contributed by atoms with E-state index in [0.717, 1.165) is 47.8 Å².